The average Bonchev–Trinajstić information content (AvgIpc) is 2.58. The van der Waals surface area contributed by atoms with E-state index in [9.17, 15) is 19.5 Å². The number of hydrogen-bond donors (Lipinski definition) is 2. The number of benzene rings is 1. The number of rotatable bonds is 9. The van der Waals surface area contributed by atoms with Crippen LogP contribution >= 0.6 is 11.6 Å². The summed E-state index contributed by atoms with van der Waals surface area (Å²) in [5, 5.41) is 12.4. The van der Waals surface area contributed by atoms with Gasteiger partial charge in [0.25, 0.3) is 6.29 Å². The molecule has 2 atom stereocenters. The smallest absolute Gasteiger partial charge is 0.410 e. The van der Waals surface area contributed by atoms with Crippen LogP contribution in [0.15, 0.2) is 24.3 Å². The lowest BCUT2D eigenvalue weighted by molar-refractivity contribution is -0.178. The lowest BCUT2D eigenvalue weighted by atomic mass is 9.96. The molecule has 7 nitrogen and oxygen atoms in total. The summed E-state index contributed by atoms with van der Waals surface area (Å²) >= 11 is 5.81. The van der Waals surface area contributed by atoms with E-state index in [1.807, 2.05) is 0 Å². The topological polar surface area (TPSA) is 102 Å². The zero-order valence-electron chi connectivity index (χ0n) is 15.9. The molecule has 0 aliphatic carbocycles. The standard InChI is InChI=1S/C19H26ClNO6/c1-11(2)17(24)26-18(12(3)4)27-19(25)21-10-9-15(16(22)23)13-5-7-14(20)8-6-13/h5-8,11-12,15,18H,9-10H2,1-4H3,(H,21,25)(H,22,23)/t15?,18-/m0/s1. The Balaban J connectivity index is 2.57. The fraction of sp³-hybridized carbons (Fsp3) is 0.526. The average molecular weight is 400 g/mol. The molecule has 0 spiro atoms. The summed E-state index contributed by atoms with van der Waals surface area (Å²) in [5.74, 6) is -2.82. The molecule has 1 aromatic rings. The van der Waals surface area contributed by atoms with Gasteiger partial charge in [-0.2, -0.15) is 0 Å². The summed E-state index contributed by atoms with van der Waals surface area (Å²) in [6, 6.07) is 6.51. The van der Waals surface area contributed by atoms with Crippen molar-refractivity contribution in [2.75, 3.05) is 6.54 Å². The van der Waals surface area contributed by atoms with Gasteiger partial charge in [0.2, 0.25) is 0 Å². The van der Waals surface area contributed by atoms with Gasteiger partial charge in [-0.1, -0.05) is 51.4 Å². The Morgan fingerprint density at radius 3 is 2.15 bits per heavy atom. The van der Waals surface area contributed by atoms with Crippen LogP contribution in [0.25, 0.3) is 0 Å². The van der Waals surface area contributed by atoms with Gasteiger partial charge >= 0.3 is 18.0 Å². The Morgan fingerprint density at radius 2 is 1.67 bits per heavy atom. The van der Waals surface area contributed by atoms with Crippen molar-refractivity contribution < 1.29 is 29.0 Å². The van der Waals surface area contributed by atoms with Gasteiger partial charge in [-0.05, 0) is 24.1 Å². The first-order valence-corrected chi connectivity index (χ1v) is 9.12. The Kier molecular flexibility index (Phi) is 9.08. The molecule has 0 fully saturated rings. The molecule has 0 saturated carbocycles. The Hall–Kier alpha value is -2.28. The van der Waals surface area contributed by atoms with E-state index < -0.39 is 30.2 Å². The molecule has 0 aliphatic rings. The Bertz CT molecular complexity index is 644. The van der Waals surface area contributed by atoms with E-state index in [-0.39, 0.29) is 24.8 Å². The fourth-order valence-electron chi connectivity index (χ4n) is 2.14. The largest absolute Gasteiger partial charge is 0.481 e. The molecule has 8 heteroatoms. The van der Waals surface area contributed by atoms with Gasteiger partial charge in [-0.15, -0.1) is 0 Å². The van der Waals surface area contributed by atoms with Crippen molar-refractivity contribution in [3.63, 3.8) is 0 Å². The van der Waals surface area contributed by atoms with Gasteiger partial charge in [-0.3, -0.25) is 9.59 Å². The van der Waals surface area contributed by atoms with Crippen molar-refractivity contribution in [3.05, 3.63) is 34.9 Å². The second-order valence-electron chi connectivity index (χ2n) is 6.77. The minimum Gasteiger partial charge on any atom is -0.481 e. The van der Waals surface area contributed by atoms with Crippen LogP contribution in [0, 0.1) is 11.8 Å². The first-order valence-electron chi connectivity index (χ1n) is 8.75. The molecule has 1 aromatic carbocycles. The second-order valence-corrected chi connectivity index (χ2v) is 7.20. The highest BCUT2D eigenvalue weighted by Crippen LogP contribution is 2.21. The van der Waals surface area contributed by atoms with Gasteiger partial charge in [0, 0.05) is 17.5 Å². The predicted molar refractivity (Wildman–Crippen MR) is 100 cm³/mol. The number of carboxylic acid groups (broad SMARTS) is 1. The Morgan fingerprint density at radius 1 is 1.07 bits per heavy atom. The van der Waals surface area contributed by atoms with Crippen LogP contribution in [0.4, 0.5) is 4.79 Å². The maximum absolute atomic E-state index is 12.0. The molecular formula is C19H26ClNO6. The lowest BCUT2D eigenvalue weighted by Gasteiger charge is -2.22. The molecular weight excluding hydrogens is 374 g/mol. The number of esters is 1. The SMILES string of the molecule is CC(C)C(=O)O[C@@H](OC(=O)NCCC(C(=O)O)c1ccc(Cl)cc1)C(C)C. The minimum atomic E-state index is -1.01. The first kappa shape index (κ1) is 22.8. The fourth-order valence-corrected chi connectivity index (χ4v) is 2.27. The van der Waals surface area contributed by atoms with Gasteiger partial charge in [0.05, 0.1) is 11.8 Å². The number of carboxylic acids is 1. The van der Waals surface area contributed by atoms with Crippen LogP contribution < -0.4 is 5.32 Å². The van der Waals surface area contributed by atoms with Gasteiger partial charge in [-0.25, -0.2) is 4.79 Å². The molecule has 0 aliphatic heterocycles. The van der Waals surface area contributed by atoms with E-state index in [0.29, 0.717) is 10.6 Å². The number of carbonyl (C=O) groups excluding carboxylic acids is 2. The monoisotopic (exact) mass is 399 g/mol. The normalized spacial score (nSPS) is 13.1. The van der Waals surface area contributed by atoms with Gasteiger partial charge < -0.3 is 19.9 Å². The van der Waals surface area contributed by atoms with Crippen molar-refractivity contribution in [2.45, 2.75) is 46.3 Å². The van der Waals surface area contributed by atoms with Crippen molar-refractivity contribution in [3.8, 4) is 0 Å². The van der Waals surface area contributed by atoms with E-state index in [1.54, 1.807) is 52.0 Å². The molecule has 0 aromatic heterocycles. The Labute approximate surface area is 164 Å². The van der Waals surface area contributed by atoms with Crippen LogP contribution in [0.3, 0.4) is 0 Å². The highest BCUT2D eigenvalue weighted by Gasteiger charge is 2.25. The number of amides is 1. The van der Waals surface area contributed by atoms with E-state index in [0.717, 1.165) is 0 Å². The molecule has 0 radical (unpaired) electrons. The van der Waals surface area contributed by atoms with Crippen LogP contribution in [0.5, 0.6) is 0 Å². The van der Waals surface area contributed by atoms with Crippen molar-refractivity contribution in [2.24, 2.45) is 11.8 Å². The van der Waals surface area contributed by atoms with Crippen LogP contribution in [0.1, 0.15) is 45.6 Å². The van der Waals surface area contributed by atoms with E-state index >= 15 is 0 Å². The van der Waals surface area contributed by atoms with Crippen molar-refractivity contribution in [1.82, 2.24) is 5.32 Å². The summed E-state index contributed by atoms with van der Waals surface area (Å²) in [4.78, 5) is 35.1. The third kappa shape index (κ3) is 7.86. The van der Waals surface area contributed by atoms with E-state index in [1.165, 1.54) is 0 Å². The second kappa shape index (κ2) is 10.8. The van der Waals surface area contributed by atoms with E-state index in [4.69, 9.17) is 21.1 Å². The quantitative estimate of drug-likeness (QED) is 0.483. The molecule has 0 heterocycles. The zero-order valence-corrected chi connectivity index (χ0v) is 16.7. The van der Waals surface area contributed by atoms with Gasteiger partial charge in [0.1, 0.15) is 0 Å². The van der Waals surface area contributed by atoms with Crippen molar-refractivity contribution >= 4 is 29.6 Å². The molecule has 27 heavy (non-hydrogen) atoms. The number of nitrogens with one attached hydrogen (secondary N) is 1. The molecule has 150 valence electrons. The molecule has 0 saturated heterocycles. The number of ether oxygens (including phenoxy) is 2. The van der Waals surface area contributed by atoms with Crippen LogP contribution in [0.2, 0.25) is 5.02 Å². The van der Waals surface area contributed by atoms with E-state index in [2.05, 4.69) is 5.32 Å². The molecule has 1 rings (SSSR count). The number of aliphatic carboxylic acids is 1. The number of carbonyl (C=O) groups is 3. The summed E-state index contributed by atoms with van der Waals surface area (Å²) in [6.07, 6.45) is -1.61. The summed E-state index contributed by atoms with van der Waals surface area (Å²) in [7, 11) is 0. The van der Waals surface area contributed by atoms with Crippen LogP contribution in [-0.2, 0) is 19.1 Å². The minimum absolute atomic E-state index is 0.0847. The number of alkyl carbamates (subject to hydrolysis) is 1. The highest BCUT2D eigenvalue weighted by atomic mass is 35.5. The first-order chi connectivity index (χ1) is 12.6. The summed E-state index contributed by atoms with van der Waals surface area (Å²) in [5.41, 5.74) is 0.591. The number of hydrogen-bond acceptors (Lipinski definition) is 5. The maximum atomic E-state index is 12.0. The molecule has 1 unspecified atom stereocenters. The van der Waals surface area contributed by atoms with Crippen LogP contribution in [-0.4, -0.2) is 36.0 Å². The third-order valence-electron chi connectivity index (χ3n) is 3.74. The number of halogens is 1. The molecule has 0 bridgehead atoms. The maximum Gasteiger partial charge on any atom is 0.410 e. The zero-order chi connectivity index (χ0) is 20.6. The summed E-state index contributed by atoms with van der Waals surface area (Å²) in [6.45, 7) is 6.96. The van der Waals surface area contributed by atoms with Crippen molar-refractivity contribution in [1.29, 1.82) is 0 Å². The predicted octanol–water partition coefficient (Wildman–Crippen LogP) is 3.81. The molecule has 2 N–H and O–H groups in total. The highest BCUT2D eigenvalue weighted by molar-refractivity contribution is 6.30. The molecule has 1 amide bonds. The third-order valence-corrected chi connectivity index (χ3v) is 4.00. The van der Waals surface area contributed by atoms with Gasteiger partial charge in [0.15, 0.2) is 0 Å². The summed E-state index contributed by atoms with van der Waals surface area (Å²) < 4.78 is 10.3. The lowest BCUT2D eigenvalue weighted by Crippen LogP contribution is -2.36.